The Balaban J connectivity index is 1.92. The number of sulfone groups is 1. The van der Waals surface area contributed by atoms with E-state index in [9.17, 15) is 13.2 Å². The number of para-hydroxylation sites is 1. The number of carbonyl (C=O) groups excluding carboxylic acids is 1. The zero-order chi connectivity index (χ0) is 17.6. The Bertz CT molecular complexity index is 1080. The van der Waals surface area contributed by atoms with Crippen LogP contribution in [0.1, 0.15) is 0 Å². The molecule has 0 saturated carbocycles. The zero-order valence-corrected chi connectivity index (χ0v) is 14.4. The Morgan fingerprint density at radius 2 is 1.84 bits per heavy atom. The Morgan fingerprint density at radius 1 is 1.08 bits per heavy atom. The van der Waals surface area contributed by atoms with Crippen LogP contribution < -0.4 is 4.90 Å². The van der Waals surface area contributed by atoms with Gasteiger partial charge in [-0.05, 0) is 30.3 Å². The molecule has 8 heteroatoms. The maximum atomic E-state index is 13.0. The van der Waals surface area contributed by atoms with E-state index in [1.165, 1.54) is 35.5 Å². The number of hydrogen-bond donors (Lipinski definition) is 0. The molecule has 25 heavy (non-hydrogen) atoms. The van der Waals surface area contributed by atoms with Crippen molar-refractivity contribution in [2.45, 2.75) is 16.3 Å². The van der Waals surface area contributed by atoms with Gasteiger partial charge >= 0.3 is 0 Å². The standard InChI is InChI=1S/C17H12ClN3O3S/c18-12-5-6-16-14(9-12)21(17(22)10-20-8-7-19-11-20)13-3-1-2-4-15(13)25(16,23)24/h1-9,11H,10H2. The summed E-state index contributed by atoms with van der Waals surface area (Å²) < 4.78 is 27.4. The van der Waals surface area contributed by atoms with Gasteiger partial charge in [0.05, 0.1) is 27.5 Å². The van der Waals surface area contributed by atoms with Gasteiger partial charge in [0.15, 0.2) is 0 Å². The van der Waals surface area contributed by atoms with Gasteiger partial charge in [-0.15, -0.1) is 0 Å². The van der Waals surface area contributed by atoms with Crippen LogP contribution in [0.15, 0.2) is 71.0 Å². The molecule has 0 bridgehead atoms. The molecule has 0 aliphatic carbocycles. The van der Waals surface area contributed by atoms with Gasteiger partial charge in [-0.2, -0.15) is 0 Å². The van der Waals surface area contributed by atoms with Crippen molar-refractivity contribution in [1.29, 1.82) is 0 Å². The molecule has 2 heterocycles. The molecule has 126 valence electrons. The van der Waals surface area contributed by atoms with Crippen molar-refractivity contribution in [3.63, 3.8) is 0 Å². The molecule has 1 aromatic heterocycles. The second kappa shape index (κ2) is 5.72. The van der Waals surface area contributed by atoms with E-state index in [-0.39, 0.29) is 27.9 Å². The number of carbonyl (C=O) groups is 1. The number of rotatable bonds is 2. The smallest absolute Gasteiger partial charge is 0.251 e. The molecular formula is C17H12ClN3O3S. The van der Waals surface area contributed by atoms with Gasteiger partial charge in [0.1, 0.15) is 6.54 Å². The molecule has 1 amide bonds. The second-order valence-electron chi connectivity index (χ2n) is 5.55. The third kappa shape index (κ3) is 2.52. The highest BCUT2D eigenvalue weighted by Crippen LogP contribution is 2.44. The monoisotopic (exact) mass is 373 g/mol. The van der Waals surface area contributed by atoms with E-state index in [0.717, 1.165) is 0 Å². The molecule has 0 unspecified atom stereocenters. The first-order valence-corrected chi connectivity index (χ1v) is 9.27. The SMILES string of the molecule is O=C(Cn1ccnc1)N1c2ccccc2S(=O)(=O)c2ccc(Cl)cc21. The fourth-order valence-electron chi connectivity index (χ4n) is 2.89. The van der Waals surface area contributed by atoms with Crippen molar-refractivity contribution >= 4 is 38.7 Å². The summed E-state index contributed by atoms with van der Waals surface area (Å²) in [7, 11) is -3.72. The number of imidazole rings is 1. The number of anilines is 2. The molecule has 0 atom stereocenters. The van der Waals surface area contributed by atoms with E-state index in [1.54, 1.807) is 35.2 Å². The molecular weight excluding hydrogens is 362 g/mol. The number of nitrogens with zero attached hydrogens (tertiary/aromatic N) is 3. The van der Waals surface area contributed by atoms with E-state index in [0.29, 0.717) is 10.7 Å². The number of fused-ring (bicyclic) bond motifs is 2. The maximum Gasteiger partial charge on any atom is 0.251 e. The first-order chi connectivity index (χ1) is 12.0. The Morgan fingerprint density at radius 3 is 2.60 bits per heavy atom. The minimum Gasteiger partial charge on any atom is -0.328 e. The Hall–Kier alpha value is -2.64. The van der Waals surface area contributed by atoms with Gasteiger partial charge in [-0.3, -0.25) is 9.69 Å². The summed E-state index contributed by atoms with van der Waals surface area (Å²) in [6.45, 7) is 0.0281. The highest BCUT2D eigenvalue weighted by Gasteiger charge is 2.36. The van der Waals surface area contributed by atoms with E-state index >= 15 is 0 Å². The van der Waals surface area contributed by atoms with Crippen molar-refractivity contribution in [3.8, 4) is 0 Å². The molecule has 0 fully saturated rings. The maximum absolute atomic E-state index is 13.0. The van der Waals surface area contributed by atoms with Gasteiger partial charge in [-0.25, -0.2) is 13.4 Å². The molecule has 0 saturated heterocycles. The number of aromatic nitrogens is 2. The molecule has 1 aliphatic rings. The minimum absolute atomic E-state index is 0.0281. The van der Waals surface area contributed by atoms with E-state index in [1.807, 2.05) is 0 Å². The summed E-state index contributed by atoms with van der Waals surface area (Å²) in [5, 5.41) is 0.355. The summed E-state index contributed by atoms with van der Waals surface area (Å²) in [6.07, 6.45) is 4.78. The lowest BCUT2D eigenvalue weighted by Gasteiger charge is -2.31. The van der Waals surface area contributed by atoms with Crippen LogP contribution in [0, 0.1) is 0 Å². The van der Waals surface area contributed by atoms with E-state index < -0.39 is 9.84 Å². The normalized spacial score (nSPS) is 14.7. The van der Waals surface area contributed by atoms with Gasteiger partial charge in [0, 0.05) is 17.4 Å². The summed E-state index contributed by atoms with van der Waals surface area (Å²) in [5.41, 5.74) is 0.582. The van der Waals surface area contributed by atoms with Crippen LogP contribution in [0.2, 0.25) is 5.02 Å². The van der Waals surface area contributed by atoms with Gasteiger partial charge in [0.2, 0.25) is 9.84 Å². The lowest BCUT2D eigenvalue weighted by molar-refractivity contribution is -0.118. The van der Waals surface area contributed by atoms with Crippen LogP contribution in [0.3, 0.4) is 0 Å². The predicted octanol–water partition coefficient (Wildman–Crippen LogP) is 3.05. The topological polar surface area (TPSA) is 72.3 Å². The molecule has 4 rings (SSSR count). The van der Waals surface area contributed by atoms with Gasteiger partial charge in [-0.1, -0.05) is 23.7 Å². The van der Waals surface area contributed by atoms with Gasteiger partial charge < -0.3 is 4.57 Å². The molecule has 2 aromatic carbocycles. The van der Waals surface area contributed by atoms with Gasteiger partial charge in [0.25, 0.3) is 5.91 Å². The first-order valence-electron chi connectivity index (χ1n) is 7.41. The largest absolute Gasteiger partial charge is 0.328 e. The average Bonchev–Trinajstić information content (AvgIpc) is 3.07. The highest BCUT2D eigenvalue weighted by atomic mass is 35.5. The van der Waals surface area contributed by atoms with Crippen LogP contribution in [0.25, 0.3) is 0 Å². The Labute approximate surface area is 149 Å². The molecule has 6 nitrogen and oxygen atoms in total. The molecule has 1 aliphatic heterocycles. The number of amides is 1. The van der Waals surface area contributed by atoms with Crippen LogP contribution in [-0.2, 0) is 21.2 Å². The first kappa shape index (κ1) is 15.9. The Kier molecular flexibility index (Phi) is 3.63. The molecule has 0 N–H and O–H groups in total. The summed E-state index contributed by atoms with van der Waals surface area (Å²) >= 11 is 6.06. The second-order valence-corrected chi connectivity index (χ2v) is 7.87. The zero-order valence-electron chi connectivity index (χ0n) is 12.8. The van der Waals surface area contributed by atoms with Crippen LogP contribution in [0.4, 0.5) is 11.4 Å². The van der Waals surface area contributed by atoms with Crippen molar-refractivity contribution in [2.75, 3.05) is 4.90 Å². The van der Waals surface area contributed by atoms with Crippen molar-refractivity contribution in [2.24, 2.45) is 0 Å². The third-order valence-electron chi connectivity index (χ3n) is 3.97. The summed E-state index contributed by atoms with van der Waals surface area (Å²) in [6, 6.07) is 10.9. The number of benzene rings is 2. The van der Waals surface area contributed by atoms with E-state index in [4.69, 9.17) is 11.6 Å². The predicted molar refractivity (Wildman–Crippen MR) is 92.7 cm³/mol. The number of hydrogen-bond acceptors (Lipinski definition) is 4. The van der Waals surface area contributed by atoms with Crippen LogP contribution >= 0.6 is 11.6 Å². The van der Waals surface area contributed by atoms with Crippen molar-refractivity contribution in [3.05, 3.63) is 66.2 Å². The van der Waals surface area contributed by atoms with Crippen LogP contribution in [0.5, 0.6) is 0 Å². The van der Waals surface area contributed by atoms with E-state index in [2.05, 4.69) is 4.98 Å². The third-order valence-corrected chi connectivity index (χ3v) is 6.06. The fourth-order valence-corrected chi connectivity index (χ4v) is 4.65. The highest BCUT2D eigenvalue weighted by molar-refractivity contribution is 7.92. The lowest BCUT2D eigenvalue weighted by Crippen LogP contribution is -2.34. The lowest BCUT2D eigenvalue weighted by atomic mass is 10.2. The molecule has 3 aromatic rings. The number of halogens is 1. The quantitative estimate of drug-likeness (QED) is 0.692. The van der Waals surface area contributed by atoms with Crippen molar-refractivity contribution < 1.29 is 13.2 Å². The summed E-state index contributed by atoms with van der Waals surface area (Å²) in [5.74, 6) is -0.288. The molecule has 0 radical (unpaired) electrons. The van der Waals surface area contributed by atoms with Crippen molar-refractivity contribution in [1.82, 2.24) is 9.55 Å². The molecule has 0 spiro atoms. The fraction of sp³-hybridized carbons (Fsp3) is 0.0588. The summed E-state index contributed by atoms with van der Waals surface area (Å²) in [4.78, 5) is 18.4. The minimum atomic E-state index is -3.72. The average molecular weight is 374 g/mol. The van der Waals surface area contributed by atoms with Crippen LogP contribution in [-0.4, -0.2) is 23.9 Å².